The van der Waals surface area contributed by atoms with E-state index in [1.165, 1.54) is 6.07 Å². The van der Waals surface area contributed by atoms with Gasteiger partial charge in [0.15, 0.2) is 0 Å². The number of aromatic hydroxyl groups is 1. The molecule has 2 atom stereocenters. The molecule has 37 heavy (non-hydrogen) atoms. The summed E-state index contributed by atoms with van der Waals surface area (Å²) < 4.78 is 13.6. The van der Waals surface area contributed by atoms with Crippen LogP contribution in [0.5, 0.6) is 5.75 Å². The quantitative estimate of drug-likeness (QED) is 0.330. The number of likely N-dealkylation sites (N-methyl/N-ethyl adjacent to an activating group) is 1. The summed E-state index contributed by atoms with van der Waals surface area (Å²) in [6.45, 7) is 1.83. The van der Waals surface area contributed by atoms with E-state index in [4.69, 9.17) is 16.4 Å². The topological polar surface area (TPSA) is 74.2 Å². The molecule has 0 saturated carbocycles. The highest BCUT2D eigenvalue weighted by atomic mass is 35.5. The number of nitrogens with one attached hydrogen (secondary N) is 1. The summed E-state index contributed by atoms with van der Waals surface area (Å²) in [5.41, 5.74) is 2.83. The van der Waals surface area contributed by atoms with Crippen LogP contribution in [0.2, 0.25) is 5.02 Å². The molecule has 4 aromatic carbocycles. The molecule has 2 N–H and O–H groups in total. The number of rotatable bonds is 6. The van der Waals surface area contributed by atoms with Crippen LogP contribution >= 0.6 is 11.6 Å². The Morgan fingerprint density at radius 1 is 1.08 bits per heavy atom. The van der Waals surface area contributed by atoms with Crippen LogP contribution in [-0.4, -0.2) is 41.1 Å². The van der Waals surface area contributed by atoms with Gasteiger partial charge in [0.1, 0.15) is 17.4 Å². The fourth-order valence-corrected chi connectivity index (χ4v) is 4.62. The number of oxime groups is 1. The molecular weight excluding hydrogens is 493 g/mol. The molecule has 0 bridgehead atoms. The number of phenolic OH excluding ortho intramolecular Hbond substituents is 1. The Balaban J connectivity index is 1.39. The predicted octanol–water partition coefficient (Wildman–Crippen LogP) is 5.97. The Kier molecular flexibility index (Phi) is 6.72. The number of hydrogen-bond acceptors (Lipinski definition) is 5. The highest BCUT2D eigenvalue weighted by Crippen LogP contribution is 2.28. The zero-order valence-electron chi connectivity index (χ0n) is 20.3. The highest BCUT2D eigenvalue weighted by Gasteiger charge is 2.34. The molecule has 6 nitrogen and oxygen atoms in total. The molecule has 2 unspecified atom stereocenters. The van der Waals surface area contributed by atoms with Crippen molar-refractivity contribution in [3.63, 3.8) is 0 Å². The molecule has 0 spiro atoms. The van der Waals surface area contributed by atoms with Crippen molar-refractivity contribution < 1.29 is 19.1 Å². The smallest absolute Gasteiger partial charge is 0.255 e. The number of nitrogens with zero attached hydrogens (tertiary/aromatic N) is 2. The average Bonchev–Trinajstić information content (AvgIpc) is 3.23. The zero-order chi connectivity index (χ0) is 26.1. The monoisotopic (exact) mass is 517 g/mol. The van der Waals surface area contributed by atoms with Gasteiger partial charge in [-0.25, -0.2) is 4.39 Å². The van der Waals surface area contributed by atoms with Gasteiger partial charge in [-0.1, -0.05) is 71.4 Å². The van der Waals surface area contributed by atoms with Crippen molar-refractivity contribution in [3.05, 3.63) is 101 Å². The minimum atomic E-state index is -0.526. The van der Waals surface area contributed by atoms with Crippen LogP contribution in [0.3, 0.4) is 0 Å². The molecule has 1 heterocycles. The summed E-state index contributed by atoms with van der Waals surface area (Å²) in [7, 11) is 1.85. The molecule has 4 aromatic rings. The van der Waals surface area contributed by atoms with E-state index in [9.17, 15) is 14.3 Å². The lowest BCUT2D eigenvalue weighted by molar-refractivity contribution is -0.00697. The van der Waals surface area contributed by atoms with Gasteiger partial charge < -0.3 is 20.2 Å². The zero-order valence-corrected chi connectivity index (χ0v) is 21.0. The molecule has 1 aliphatic rings. The second-order valence-electron chi connectivity index (χ2n) is 9.07. The normalized spacial score (nSPS) is 15.8. The molecule has 1 amide bonds. The van der Waals surface area contributed by atoms with E-state index < -0.39 is 24.0 Å². The van der Waals surface area contributed by atoms with Gasteiger partial charge in [0.05, 0.1) is 16.6 Å². The molecule has 0 radical (unpaired) electrons. The minimum Gasteiger partial charge on any atom is -0.507 e. The molecule has 188 valence electrons. The SMILES string of the molecule is CC1=NOC(C(Cc2ccc(-c3ccc(F)c(Cl)c3)cc2)NC(=O)c2cc3ccccc3cc2O)N1C. The maximum Gasteiger partial charge on any atom is 0.255 e. The van der Waals surface area contributed by atoms with Crippen molar-refractivity contribution in [1.29, 1.82) is 0 Å². The van der Waals surface area contributed by atoms with Crippen molar-refractivity contribution in [3.8, 4) is 16.9 Å². The van der Waals surface area contributed by atoms with Crippen LogP contribution in [0.25, 0.3) is 21.9 Å². The molecule has 0 aliphatic carbocycles. The first-order chi connectivity index (χ1) is 17.8. The number of hydrogen-bond donors (Lipinski definition) is 2. The van der Waals surface area contributed by atoms with Crippen LogP contribution in [0.1, 0.15) is 22.8 Å². The van der Waals surface area contributed by atoms with Crippen molar-refractivity contribution in [2.45, 2.75) is 25.6 Å². The summed E-state index contributed by atoms with van der Waals surface area (Å²) in [6.07, 6.45) is -0.0790. The predicted molar refractivity (Wildman–Crippen MR) is 143 cm³/mol. The number of amides is 1. The lowest BCUT2D eigenvalue weighted by Crippen LogP contribution is -2.51. The third-order valence-electron chi connectivity index (χ3n) is 6.62. The second-order valence-corrected chi connectivity index (χ2v) is 9.48. The molecule has 0 fully saturated rings. The molecule has 1 aliphatic heterocycles. The van der Waals surface area contributed by atoms with Crippen LogP contribution < -0.4 is 5.32 Å². The lowest BCUT2D eigenvalue weighted by Gasteiger charge is -2.29. The third-order valence-corrected chi connectivity index (χ3v) is 6.91. The Bertz CT molecular complexity index is 1510. The number of halogens is 2. The standard InChI is InChI=1S/C29H25ClFN3O3/c1-17-33-37-29(34(17)2)26(32-28(36)23-14-20-5-3-4-6-21(20)16-27(23)35)13-18-7-9-19(10-8-18)22-11-12-25(31)24(30)15-22/h3-12,14-16,26,29,35H,13H2,1-2H3,(H,32,36). The van der Waals surface area contributed by atoms with E-state index >= 15 is 0 Å². The number of phenols is 1. The Hall–Kier alpha value is -4.10. The Morgan fingerprint density at radius 3 is 2.41 bits per heavy atom. The molecule has 0 saturated heterocycles. The fourth-order valence-electron chi connectivity index (χ4n) is 4.44. The molecule has 0 aromatic heterocycles. The number of benzene rings is 4. The van der Waals surface area contributed by atoms with Crippen molar-refractivity contribution in [1.82, 2.24) is 10.2 Å². The van der Waals surface area contributed by atoms with Crippen LogP contribution in [0.4, 0.5) is 4.39 Å². The molecular formula is C29H25ClFN3O3. The summed E-state index contributed by atoms with van der Waals surface area (Å²) in [6, 6.07) is 22.7. The van der Waals surface area contributed by atoms with Gasteiger partial charge in [0.2, 0.25) is 6.23 Å². The second kappa shape index (κ2) is 10.1. The number of amidine groups is 1. The lowest BCUT2D eigenvalue weighted by atomic mass is 9.99. The molecule has 8 heteroatoms. The van der Waals surface area contributed by atoms with Gasteiger partial charge >= 0.3 is 0 Å². The summed E-state index contributed by atoms with van der Waals surface area (Å²) in [5.74, 6) is -0.268. The van der Waals surface area contributed by atoms with Gasteiger partial charge in [0.25, 0.3) is 5.91 Å². The van der Waals surface area contributed by atoms with E-state index in [0.29, 0.717) is 12.3 Å². The maximum atomic E-state index is 13.6. The number of carbonyl (C=O) groups excluding carboxylic acids is 1. The fraction of sp³-hybridized carbons (Fsp3) is 0.172. The number of carbonyl (C=O) groups is 1. The summed E-state index contributed by atoms with van der Waals surface area (Å²) in [5, 5.41) is 19.4. The van der Waals surface area contributed by atoms with Crippen LogP contribution in [0, 0.1) is 5.82 Å². The van der Waals surface area contributed by atoms with Crippen molar-refractivity contribution in [2.75, 3.05) is 7.05 Å². The van der Waals surface area contributed by atoms with E-state index in [2.05, 4.69) is 10.5 Å². The van der Waals surface area contributed by atoms with Gasteiger partial charge in [-0.15, -0.1) is 0 Å². The van der Waals surface area contributed by atoms with Gasteiger partial charge in [0, 0.05) is 7.05 Å². The molecule has 5 rings (SSSR count). The van der Waals surface area contributed by atoms with E-state index in [1.807, 2.05) is 67.4 Å². The van der Waals surface area contributed by atoms with E-state index in [1.54, 1.807) is 24.3 Å². The summed E-state index contributed by atoms with van der Waals surface area (Å²) >= 11 is 5.94. The minimum absolute atomic E-state index is 0.0677. The maximum absolute atomic E-state index is 13.6. The van der Waals surface area contributed by atoms with E-state index in [0.717, 1.165) is 27.5 Å². The first-order valence-electron chi connectivity index (χ1n) is 11.8. The Morgan fingerprint density at radius 2 is 1.76 bits per heavy atom. The first-order valence-corrected chi connectivity index (χ1v) is 12.2. The highest BCUT2D eigenvalue weighted by molar-refractivity contribution is 6.31. The van der Waals surface area contributed by atoms with Crippen LogP contribution in [-0.2, 0) is 11.3 Å². The van der Waals surface area contributed by atoms with Gasteiger partial charge in [-0.2, -0.15) is 0 Å². The largest absolute Gasteiger partial charge is 0.507 e. The van der Waals surface area contributed by atoms with Crippen molar-refractivity contribution in [2.24, 2.45) is 5.16 Å². The van der Waals surface area contributed by atoms with E-state index in [-0.39, 0.29) is 16.3 Å². The van der Waals surface area contributed by atoms with Gasteiger partial charge in [-0.3, -0.25) is 4.79 Å². The van der Waals surface area contributed by atoms with Gasteiger partial charge in [-0.05, 0) is 65.1 Å². The Labute approximate surface area is 218 Å². The van der Waals surface area contributed by atoms with Crippen molar-refractivity contribution >= 4 is 34.1 Å². The number of fused-ring (bicyclic) bond motifs is 1. The summed E-state index contributed by atoms with van der Waals surface area (Å²) in [4.78, 5) is 20.8. The average molecular weight is 518 g/mol. The first kappa shape index (κ1) is 24.6. The van der Waals surface area contributed by atoms with Crippen LogP contribution in [0.15, 0.2) is 84.0 Å². The third kappa shape index (κ3) is 5.08.